The summed E-state index contributed by atoms with van der Waals surface area (Å²) < 4.78 is 50.4. The van der Waals surface area contributed by atoms with E-state index in [0.29, 0.717) is 6.54 Å². The van der Waals surface area contributed by atoms with E-state index < -0.39 is 31.0 Å². The smallest absolute Gasteiger partial charge is 0.183 e. The van der Waals surface area contributed by atoms with Crippen LogP contribution in [0, 0.1) is 0 Å². The van der Waals surface area contributed by atoms with Gasteiger partial charge in [-0.2, -0.15) is 0 Å². The summed E-state index contributed by atoms with van der Waals surface area (Å²) >= 11 is 0. The summed E-state index contributed by atoms with van der Waals surface area (Å²) in [5.74, 6) is -0.492. The van der Waals surface area contributed by atoms with Gasteiger partial charge in [-0.05, 0) is 29.7 Å². The molecule has 0 amide bonds. The van der Waals surface area contributed by atoms with Gasteiger partial charge in [0.1, 0.15) is 0 Å². The lowest BCUT2D eigenvalue weighted by molar-refractivity contribution is 0.526. The number of sulfone groups is 2. The van der Waals surface area contributed by atoms with E-state index in [1.165, 1.54) is 0 Å². The Morgan fingerprint density at radius 1 is 0.962 bits per heavy atom. The summed E-state index contributed by atoms with van der Waals surface area (Å²) in [5.41, 5.74) is 2.03. The normalized spacial score (nSPS) is 22.3. The summed E-state index contributed by atoms with van der Waals surface area (Å²) in [6.45, 7) is 2.43. The molecule has 1 N–H and O–H groups in total. The largest absolute Gasteiger partial charge is 0.308 e. The van der Waals surface area contributed by atoms with Crippen molar-refractivity contribution in [2.24, 2.45) is 0 Å². The predicted molar refractivity (Wildman–Crippen MR) is 103 cm³/mol. The topological polar surface area (TPSA) is 80.3 Å². The van der Waals surface area contributed by atoms with Crippen molar-refractivity contribution in [1.82, 2.24) is 5.32 Å². The molecule has 1 heterocycles. The highest BCUT2D eigenvalue weighted by molar-refractivity contribution is 7.96. The molecule has 0 spiro atoms. The van der Waals surface area contributed by atoms with E-state index in [9.17, 15) is 16.8 Å². The second kappa shape index (κ2) is 7.50. The number of aryl methyl sites for hydroxylation is 1. The third-order valence-corrected chi connectivity index (χ3v) is 8.94. The van der Waals surface area contributed by atoms with Crippen molar-refractivity contribution < 1.29 is 16.8 Å². The minimum Gasteiger partial charge on any atom is -0.308 e. The Balaban J connectivity index is 1.84. The Morgan fingerprint density at radius 3 is 2.23 bits per heavy atom. The fourth-order valence-electron chi connectivity index (χ4n) is 3.25. The van der Waals surface area contributed by atoms with Gasteiger partial charge in [-0.25, -0.2) is 16.8 Å². The number of nitrogens with one attached hydrogen (secondary N) is 1. The number of hydrogen-bond donors (Lipinski definition) is 1. The molecule has 1 aliphatic heterocycles. The highest BCUT2D eigenvalue weighted by Crippen LogP contribution is 2.26. The zero-order valence-electron chi connectivity index (χ0n) is 14.6. The Hall–Kier alpha value is -1.70. The van der Waals surface area contributed by atoms with Crippen molar-refractivity contribution in [3.63, 3.8) is 0 Å². The summed E-state index contributed by atoms with van der Waals surface area (Å²) in [7, 11) is -7.12. The molecule has 0 aromatic heterocycles. The van der Waals surface area contributed by atoms with Crippen molar-refractivity contribution in [3.05, 3.63) is 65.7 Å². The molecule has 0 radical (unpaired) electrons. The molecule has 2 atom stereocenters. The van der Waals surface area contributed by atoms with Gasteiger partial charge in [-0.3, -0.25) is 0 Å². The van der Waals surface area contributed by atoms with Gasteiger partial charge < -0.3 is 5.32 Å². The first-order valence-corrected chi connectivity index (χ1v) is 12.0. The van der Waals surface area contributed by atoms with Crippen LogP contribution in [0.25, 0.3) is 0 Å². The monoisotopic (exact) mass is 393 g/mol. The summed E-state index contributed by atoms with van der Waals surface area (Å²) in [4.78, 5) is 0.184. The molecule has 3 rings (SSSR count). The maximum atomic E-state index is 13.0. The molecule has 1 aliphatic rings. The highest BCUT2D eigenvalue weighted by atomic mass is 32.2. The third kappa shape index (κ3) is 4.16. The minimum absolute atomic E-state index is 0.156. The van der Waals surface area contributed by atoms with Gasteiger partial charge in [-0.1, -0.05) is 49.4 Å². The summed E-state index contributed by atoms with van der Waals surface area (Å²) in [5, 5.41) is 2.17. The van der Waals surface area contributed by atoms with Crippen molar-refractivity contribution in [2.75, 3.05) is 11.5 Å². The first-order chi connectivity index (χ1) is 12.3. The highest BCUT2D eigenvalue weighted by Gasteiger charge is 2.45. The van der Waals surface area contributed by atoms with Crippen LogP contribution in [0.1, 0.15) is 18.1 Å². The molecule has 5 nitrogen and oxygen atoms in total. The number of rotatable bonds is 6. The fraction of sp³-hybridized carbons (Fsp3) is 0.368. The Kier molecular flexibility index (Phi) is 5.50. The average molecular weight is 394 g/mol. The maximum Gasteiger partial charge on any atom is 0.183 e. The van der Waals surface area contributed by atoms with Crippen molar-refractivity contribution in [1.29, 1.82) is 0 Å². The molecule has 0 bridgehead atoms. The molecule has 2 aromatic rings. The van der Waals surface area contributed by atoms with Crippen LogP contribution in [0.4, 0.5) is 0 Å². The molecule has 7 heteroatoms. The first-order valence-electron chi connectivity index (χ1n) is 8.62. The molecule has 0 saturated carbocycles. The summed E-state index contributed by atoms with van der Waals surface area (Å²) in [6.07, 6.45) is 0.819. The van der Waals surface area contributed by atoms with E-state index in [0.717, 1.165) is 17.5 Å². The molecule has 26 heavy (non-hydrogen) atoms. The zero-order chi connectivity index (χ0) is 18.8. The molecule has 0 aliphatic carbocycles. The van der Waals surface area contributed by atoms with Crippen molar-refractivity contribution in [2.45, 2.75) is 36.1 Å². The molecule has 140 valence electrons. The van der Waals surface area contributed by atoms with Gasteiger partial charge in [0.2, 0.25) is 0 Å². The maximum absolute atomic E-state index is 13.0. The van der Waals surface area contributed by atoms with Gasteiger partial charge in [-0.15, -0.1) is 0 Å². The van der Waals surface area contributed by atoms with Crippen molar-refractivity contribution >= 4 is 19.7 Å². The lowest BCUT2D eigenvalue weighted by Gasteiger charge is -2.20. The third-order valence-electron chi connectivity index (χ3n) is 4.77. The predicted octanol–water partition coefficient (Wildman–Crippen LogP) is 1.98. The van der Waals surface area contributed by atoms with Crippen LogP contribution < -0.4 is 5.32 Å². The Bertz CT molecular complexity index is 952. The molecule has 1 fully saturated rings. The molecular weight excluding hydrogens is 370 g/mol. The van der Waals surface area contributed by atoms with Gasteiger partial charge in [0, 0.05) is 12.6 Å². The average Bonchev–Trinajstić information content (AvgIpc) is 2.96. The summed E-state index contributed by atoms with van der Waals surface area (Å²) in [6, 6.07) is 15.6. The van der Waals surface area contributed by atoms with E-state index in [1.807, 2.05) is 37.3 Å². The SMILES string of the molecule is CCc1ccc(S(=O)(=O)[C@H]2CS(=O)(=O)C[C@H]2NCc2ccccc2)cc1. The molecular formula is C19H23NO4S2. The Morgan fingerprint density at radius 2 is 1.62 bits per heavy atom. The van der Waals surface area contributed by atoms with Gasteiger partial charge >= 0.3 is 0 Å². The van der Waals surface area contributed by atoms with Crippen LogP contribution in [0.2, 0.25) is 0 Å². The molecule has 2 aromatic carbocycles. The zero-order valence-corrected chi connectivity index (χ0v) is 16.3. The van der Waals surface area contributed by atoms with Crippen LogP contribution >= 0.6 is 0 Å². The molecule has 0 unspecified atom stereocenters. The van der Waals surface area contributed by atoms with Gasteiger partial charge in [0.25, 0.3) is 0 Å². The second-order valence-electron chi connectivity index (χ2n) is 6.63. The minimum atomic E-state index is -3.73. The van der Waals surface area contributed by atoms with Crippen LogP contribution in [-0.4, -0.2) is 39.6 Å². The van der Waals surface area contributed by atoms with E-state index in [-0.39, 0.29) is 16.4 Å². The van der Waals surface area contributed by atoms with Gasteiger partial charge in [0.15, 0.2) is 19.7 Å². The van der Waals surface area contributed by atoms with Gasteiger partial charge in [0.05, 0.1) is 21.7 Å². The fourth-order valence-corrected chi connectivity index (χ4v) is 7.96. The second-order valence-corrected chi connectivity index (χ2v) is 11.0. The number of benzene rings is 2. The standard InChI is InChI=1S/C19H23NO4S2/c1-2-15-8-10-17(11-9-15)26(23,24)19-14-25(21,22)13-18(19)20-12-16-6-4-3-5-7-16/h3-11,18-20H,2,12-14H2,1H3/t18-,19+/m1/s1. The van der Waals surface area contributed by atoms with E-state index >= 15 is 0 Å². The van der Waals surface area contributed by atoms with Crippen LogP contribution in [0.15, 0.2) is 59.5 Å². The van der Waals surface area contributed by atoms with Crippen LogP contribution in [0.3, 0.4) is 0 Å². The van der Waals surface area contributed by atoms with Crippen molar-refractivity contribution in [3.8, 4) is 0 Å². The molecule has 1 saturated heterocycles. The van der Waals surface area contributed by atoms with E-state index in [1.54, 1.807) is 24.3 Å². The van der Waals surface area contributed by atoms with E-state index in [4.69, 9.17) is 0 Å². The quantitative estimate of drug-likeness (QED) is 0.812. The van der Waals surface area contributed by atoms with E-state index in [2.05, 4.69) is 5.32 Å². The van der Waals surface area contributed by atoms with Crippen LogP contribution in [-0.2, 0) is 32.6 Å². The lowest BCUT2D eigenvalue weighted by Crippen LogP contribution is -2.43. The lowest BCUT2D eigenvalue weighted by atomic mass is 10.2. The Labute approximate surface area is 155 Å². The van der Waals surface area contributed by atoms with Crippen LogP contribution in [0.5, 0.6) is 0 Å². The first kappa shape index (κ1) is 19.1. The number of hydrogen-bond acceptors (Lipinski definition) is 5.